The highest BCUT2D eigenvalue weighted by molar-refractivity contribution is 9.10. The van der Waals surface area contributed by atoms with Crippen LogP contribution in [0.2, 0.25) is 0 Å². The summed E-state index contributed by atoms with van der Waals surface area (Å²) in [5, 5.41) is 3.56. The Bertz CT molecular complexity index is 417. The predicted octanol–water partition coefficient (Wildman–Crippen LogP) is 4.14. The normalized spacial score (nSPS) is 15.0. The molecule has 1 N–H and O–H groups in total. The second-order valence-corrected chi connectivity index (χ2v) is 7.29. The minimum Gasteiger partial charge on any atom is -0.310 e. The summed E-state index contributed by atoms with van der Waals surface area (Å²) >= 11 is 5.65. The Hall–Kier alpha value is -0.0300. The molecule has 0 spiro atoms. The molecule has 112 valence electrons. The number of nitrogens with zero attached hydrogens (tertiary/aromatic N) is 1. The van der Waals surface area contributed by atoms with Gasteiger partial charge in [-0.25, -0.2) is 0 Å². The number of halogens is 1. The third kappa shape index (κ3) is 5.40. The maximum absolute atomic E-state index is 3.71. The van der Waals surface area contributed by atoms with E-state index >= 15 is 0 Å². The molecule has 1 aromatic rings. The highest BCUT2D eigenvalue weighted by Gasteiger charge is 2.19. The van der Waals surface area contributed by atoms with Crippen molar-refractivity contribution < 1.29 is 0 Å². The van der Waals surface area contributed by atoms with E-state index in [1.54, 1.807) is 0 Å². The molecule has 0 atom stereocenters. The van der Waals surface area contributed by atoms with Crippen molar-refractivity contribution >= 4 is 27.7 Å². The maximum atomic E-state index is 3.71. The van der Waals surface area contributed by atoms with E-state index in [4.69, 9.17) is 0 Å². The first kappa shape index (κ1) is 16.3. The molecule has 1 aliphatic carbocycles. The lowest BCUT2D eigenvalue weighted by atomic mass is 10.2. The minimum absolute atomic E-state index is 0.775. The Kier molecular flexibility index (Phi) is 6.88. The van der Waals surface area contributed by atoms with Crippen molar-refractivity contribution in [3.63, 3.8) is 0 Å². The molecule has 4 heteroatoms. The van der Waals surface area contributed by atoms with Gasteiger partial charge in [0.1, 0.15) is 0 Å². The van der Waals surface area contributed by atoms with Gasteiger partial charge in [0.15, 0.2) is 0 Å². The second-order valence-electron chi connectivity index (χ2n) is 5.30. The number of nitrogens with one attached hydrogen (secondary N) is 1. The van der Waals surface area contributed by atoms with Crippen molar-refractivity contribution in [1.82, 2.24) is 10.2 Å². The first-order chi connectivity index (χ1) is 9.72. The average molecular weight is 357 g/mol. The van der Waals surface area contributed by atoms with E-state index in [0.29, 0.717) is 0 Å². The molecule has 20 heavy (non-hydrogen) atoms. The highest BCUT2D eigenvalue weighted by atomic mass is 79.9. The number of rotatable bonds is 9. The number of hydrogen-bond donors (Lipinski definition) is 1. The van der Waals surface area contributed by atoms with Crippen LogP contribution in [-0.2, 0) is 6.54 Å². The molecule has 0 radical (unpaired) electrons. The lowest BCUT2D eigenvalue weighted by Crippen LogP contribution is -2.25. The van der Waals surface area contributed by atoms with Crippen LogP contribution < -0.4 is 5.32 Å². The fraction of sp³-hybridized carbons (Fsp3) is 0.625. The molecule has 0 aromatic heterocycles. The number of benzene rings is 1. The molecule has 1 aromatic carbocycles. The van der Waals surface area contributed by atoms with Gasteiger partial charge >= 0.3 is 0 Å². The molecule has 1 saturated carbocycles. The van der Waals surface area contributed by atoms with Crippen LogP contribution in [0.3, 0.4) is 0 Å². The van der Waals surface area contributed by atoms with Crippen LogP contribution in [-0.4, -0.2) is 36.3 Å². The predicted molar refractivity (Wildman–Crippen MR) is 92.5 cm³/mol. The molecule has 2 nitrogen and oxygen atoms in total. The molecule has 0 saturated heterocycles. The van der Waals surface area contributed by atoms with Crippen molar-refractivity contribution in [2.24, 2.45) is 0 Å². The van der Waals surface area contributed by atoms with Crippen LogP contribution in [0.5, 0.6) is 0 Å². The standard InChI is InChI=1S/C16H25BrN2S/c1-3-19(4-2)9-10-20-16-8-5-13(11-15(16)17)12-18-14-6-7-14/h5,8,11,14,18H,3-4,6-7,9-10,12H2,1-2H3. The quantitative estimate of drug-likeness (QED) is 0.669. The molecule has 0 aliphatic heterocycles. The van der Waals surface area contributed by atoms with E-state index in [1.165, 1.54) is 27.8 Å². The first-order valence-electron chi connectivity index (χ1n) is 7.59. The fourth-order valence-corrected chi connectivity index (χ4v) is 3.85. The van der Waals surface area contributed by atoms with Gasteiger partial charge in [0, 0.05) is 34.3 Å². The van der Waals surface area contributed by atoms with E-state index in [0.717, 1.165) is 38.0 Å². The van der Waals surface area contributed by atoms with E-state index in [1.807, 2.05) is 11.8 Å². The van der Waals surface area contributed by atoms with Gasteiger partial charge in [0.25, 0.3) is 0 Å². The molecular weight excluding hydrogens is 332 g/mol. The van der Waals surface area contributed by atoms with Gasteiger partial charge in [-0.2, -0.15) is 0 Å². The summed E-state index contributed by atoms with van der Waals surface area (Å²) in [6, 6.07) is 7.53. The van der Waals surface area contributed by atoms with Crippen LogP contribution in [0.4, 0.5) is 0 Å². The van der Waals surface area contributed by atoms with E-state index in [9.17, 15) is 0 Å². The Labute approximate surface area is 135 Å². The molecule has 1 fully saturated rings. The Morgan fingerprint density at radius 1 is 1.30 bits per heavy atom. The summed E-state index contributed by atoms with van der Waals surface area (Å²) in [7, 11) is 0. The number of hydrogen-bond acceptors (Lipinski definition) is 3. The smallest absolute Gasteiger partial charge is 0.0314 e. The fourth-order valence-electron chi connectivity index (χ4n) is 2.15. The van der Waals surface area contributed by atoms with Gasteiger partial charge in [-0.3, -0.25) is 0 Å². The van der Waals surface area contributed by atoms with Crippen molar-refractivity contribution in [1.29, 1.82) is 0 Å². The molecular formula is C16H25BrN2S. The minimum atomic E-state index is 0.775. The Balaban J connectivity index is 1.79. The Morgan fingerprint density at radius 3 is 2.65 bits per heavy atom. The second kappa shape index (κ2) is 8.42. The van der Waals surface area contributed by atoms with E-state index in [2.05, 4.69) is 58.2 Å². The van der Waals surface area contributed by atoms with Crippen molar-refractivity contribution in [3.8, 4) is 0 Å². The third-order valence-electron chi connectivity index (χ3n) is 3.73. The summed E-state index contributed by atoms with van der Waals surface area (Å²) in [4.78, 5) is 3.82. The maximum Gasteiger partial charge on any atom is 0.0314 e. The van der Waals surface area contributed by atoms with Gasteiger partial charge in [-0.15, -0.1) is 11.8 Å². The highest BCUT2D eigenvalue weighted by Crippen LogP contribution is 2.29. The lowest BCUT2D eigenvalue weighted by molar-refractivity contribution is 0.324. The van der Waals surface area contributed by atoms with Gasteiger partial charge in [0.05, 0.1) is 0 Å². The molecule has 0 unspecified atom stereocenters. The Morgan fingerprint density at radius 2 is 2.05 bits per heavy atom. The molecule has 0 amide bonds. The van der Waals surface area contributed by atoms with E-state index < -0.39 is 0 Å². The SMILES string of the molecule is CCN(CC)CCSc1ccc(CNC2CC2)cc1Br. The summed E-state index contributed by atoms with van der Waals surface area (Å²) in [6.45, 7) is 8.90. The largest absolute Gasteiger partial charge is 0.310 e. The van der Waals surface area contributed by atoms with Crippen LogP contribution in [0.25, 0.3) is 0 Å². The topological polar surface area (TPSA) is 15.3 Å². The molecule has 0 bridgehead atoms. The monoisotopic (exact) mass is 356 g/mol. The third-order valence-corrected chi connectivity index (χ3v) is 5.70. The van der Waals surface area contributed by atoms with Gasteiger partial charge in [-0.1, -0.05) is 19.9 Å². The molecule has 0 heterocycles. The van der Waals surface area contributed by atoms with Gasteiger partial charge in [-0.05, 0) is 59.6 Å². The lowest BCUT2D eigenvalue weighted by Gasteiger charge is -2.17. The summed E-state index contributed by atoms with van der Waals surface area (Å²) in [5.74, 6) is 1.15. The van der Waals surface area contributed by atoms with Gasteiger partial charge < -0.3 is 10.2 Å². The van der Waals surface area contributed by atoms with Crippen LogP contribution >= 0.6 is 27.7 Å². The van der Waals surface area contributed by atoms with Crippen LogP contribution in [0, 0.1) is 0 Å². The number of thioether (sulfide) groups is 1. The van der Waals surface area contributed by atoms with Crippen LogP contribution in [0.15, 0.2) is 27.6 Å². The summed E-state index contributed by atoms with van der Waals surface area (Å²) in [5.41, 5.74) is 1.37. The zero-order valence-electron chi connectivity index (χ0n) is 12.5. The van der Waals surface area contributed by atoms with Crippen molar-refractivity contribution in [3.05, 3.63) is 28.2 Å². The zero-order chi connectivity index (χ0) is 14.4. The first-order valence-corrected chi connectivity index (χ1v) is 9.37. The van der Waals surface area contributed by atoms with Crippen LogP contribution in [0.1, 0.15) is 32.3 Å². The van der Waals surface area contributed by atoms with Gasteiger partial charge in [0.2, 0.25) is 0 Å². The van der Waals surface area contributed by atoms with Crippen molar-refractivity contribution in [2.75, 3.05) is 25.4 Å². The molecule has 1 aliphatic rings. The molecule has 2 rings (SSSR count). The zero-order valence-corrected chi connectivity index (χ0v) is 14.9. The summed E-state index contributed by atoms with van der Waals surface area (Å²) in [6.07, 6.45) is 2.70. The average Bonchev–Trinajstić information content (AvgIpc) is 3.27. The summed E-state index contributed by atoms with van der Waals surface area (Å²) < 4.78 is 1.23. The van der Waals surface area contributed by atoms with Crippen molar-refractivity contribution in [2.45, 2.75) is 44.2 Å². The van der Waals surface area contributed by atoms with E-state index in [-0.39, 0.29) is 0 Å².